The number of nitrogens with zero attached hydrogens (tertiary/aromatic N) is 2. The molecule has 0 aliphatic rings. The first-order chi connectivity index (χ1) is 11.1. The highest BCUT2D eigenvalue weighted by molar-refractivity contribution is 7.19. The van der Waals surface area contributed by atoms with Crippen molar-refractivity contribution in [1.29, 1.82) is 0 Å². The molecule has 3 rings (SSSR count). The number of fused-ring (bicyclic) bond motifs is 1. The minimum absolute atomic E-state index is 0.267. The highest BCUT2D eigenvalue weighted by Gasteiger charge is 2.19. The van der Waals surface area contributed by atoms with E-state index in [9.17, 15) is 0 Å². The van der Waals surface area contributed by atoms with Crippen molar-refractivity contribution < 1.29 is 0 Å². The molecule has 3 aromatic rings. The molecule has 1 aromatic carbocycles. The Balaban J connectivity index is 2.29. The van der Waals surface area contributed by atoms with Gasteiger partial charge in [0.05, 0.1) is 5.39 Å². The molecule has 0 unspecified atom stereocenters. The predicted octanol–water partition coefficient (Wildman–Crippen LogP) is 5.48. The van der Waals surface area contributed by atoms with Gasteiger partial charge in [-0.3, -0.25) is 0 Å². The summed E-state index contributed by atoms with van der Waals surface area (Å²) in [5.41, 5.74) is 3.64. The van der Waals surface area contributed by atoms with Gasteiger partial charge in [0.1, 0.15) is 10.6 Å². The Kier molecular flexibility index (Phi) is 4.64. The van der Waals surface area contributed by atoms with Crippen LogP contribution in [0.5, 0.6) is 0 Å². The summed E-state index contributed by atoms with van der Waals surface area (Å²) in [6.45, 7) is 8.64. The fourth-order valence-corrected chi connectivity index (χ4v) is 3.94. The molecule has 0 spiro atoms. The first kappa shape index (κ1) is 16.0. The van der Waals surface area contributed by atoms with Gasteiger partial charge in [0.25, 0.3) is 0 Å². The number of nitrogens with one attached hydrogen (secondary N) is 1. The molecule has 5 heteroatoms. The molecule has 0 saturated heterocycles. The Morgan fingerprint density at radius 1 is 1.26 bits per heavy atom. The molecule has 1 N–H and O–H groups in total. The van der Waals surface area contributed by atoms with E-state index in [0.717, 1.165) is 22.5 Å². The van der Waals surface area contributed by atoms with E-state index in [-0.39, 0.29) is 5.28 Å². The van der Waals surface area contributed by atoms with Gasteiger partial charge in [-0.2, -0.15) is 0 Å². The Morgan fingerprint density at radius 2 is 2.00 bits per heavy atom. The smallest absolute Gasteiger partial charge is 0.225 e. The number of aryl methyl sites for hydroxylation is 2. The molecule has 0 fully saturated rings. The molecule has 3 nitrogen and oxygen atoms in total. The number of aromatic nitrogens is 2. The Labute approximate surface area is 145 Å². The Bertz CT molecular complexity index is 853. The summed E-state index contributed by atoms with van der Waals surface area (Å²) < 4.78 is 0. The maximum atomic E-state index is 6.09. The highest BCUT2D eigenvalue weighted by Crippen LogP contribution is 2.41. The van der Waals surface area contributed by atoms with Gasteiger partial charge < -0.3 is 5.32 Å². The molecule has 0 saturated carbocycles. The molecular weight excluding hydrogens is 326 g/mol. The van der Waals surface area contributed by atoms with Crippen molar-refractivity contribution in [3.63, 3.8) is 0 Å². The van der Waals surface area contributed by atoms with E-state index in [1.165, 1.54) is 21.6 Å². The topological polar surface area (TPSA) is 37.8 Å². The van der Waals surface area contributed by atoms with Crippen LogP contribution in [0.3, 0.4) is 0 Å². The van der Waals surface area contributed by atoms with Gasteiger partial charge in [-0.1, -0.05) is 42.8 Å². The van der Waals surface area contributed by atoms with Crippen molar-refractivity contribution in [2.45, 2.75) is 20.3 Å². The molecule has 0 aliphatic carbocycles. The summed E-state index contributed by atoms with van der Waals surface area (Å²) in [6.07, 6.45) is 2.75. The Morgan fingerprint density at radius 3 is 2.65 bits per heavy atom. The van der Waals surface area contributed by atoms with Crippen LogP contribution in [-0.2, 0) is 6.42 Å². The van der Waals surface area contributed by atoms with Crippen LogP contribution in [0.1, 0.15) is 17.4 Å². The minimum Gasteiger partial charge on any atom is -0.366 e. The zero-order chi connectivity index (χ0) is 16.4. The fourth-order valence-electron chi connectivity index (χ4n) is 2.59. The summed E-state index contributed by atoms with van der Waals surface area (Å²) in [5, 5.41) is 4.60. The molecule has 0 bridgehead atoms. The predicted molar refractivity (Wildman–Crippen MR) is 101 cm³/mol. The quantitative estimate of drug-likeness (QED) is 0.492. The van der Waals surface area contributed by atoms with E-state index in [2.05, 4.69) is 60.0 Å². The summed E-state index contributed by atoms with van der Waals surface area (Å²) in [4.78, 5) is 11.0. The molecule has 2 aromatic heterocycles. The first-order valence-electron chi connectivity index (χ1n) is 7.54. The van der Waals surface area contributed by atoms with Crippen molar-refractivity contribution in [2.24, 2.45) is 0 Å². The average molecular weight is 344 g/mol. The fraction of sp³-hybridized carbons (Fsp3) is 0.222. The van der Waals surface area contributed by atoms with Gasteiger partial charge in [0.2, 0.25) is 5.28 Å². The van der Waals surface area contributed by atoms with Gasteiger partial charge in [-0.05, 0) is 30.5 Å². The largest absolute Gasteiger partial charge is 0.366 e. The van der Waals surface area contributed by atoms with Crippen molar-refractivity contribution in [3.8, 4) is 11.1 Å². The van der Waals surface area contributed by atoms with Crippen LogP contribution in [-0.4, -0.2) is 16.5 Å². The number of hydrogen-bond donors (Lipinski definition) is 1. The standard InChI is InChI=1S/C18H18ClN3S/c1-4-10-20-16-15-14(12-8-6-11(3)7-9-12)13(5-2)23-17(15)22-18(19)21-16/h4,6-9H,1,5,10H2,2-3H3,(H,20,21,22). The lowest BCUT2D eigenvalue weighted by Crippen LogP contribution is -2.02. The minimum atomic E-state index is 0.267. The van der Waals surface area contributed by atoms with Crippen LogP contribution >= 0.6 is 22.9 Å². The number of thiophene rings is 1. The molecule has 23 heavy (non-hydrogen) atoms. The third-order valence-corrected chi connectivity index (χ3v) is 5.07. The van der Waals surface area contributed by atoms with E-state index >= 15 is 0 Å². The second kappa shape index (κ2) is 6.69. The summed E-state index contributed by atoms with van der Waals surface area (Å²) in [5.74, 6) is 0.770. The normalized spacial score (nSPS) is 10.9. The maximum absolute atomic E-state index is 6.09. The zero-order valence-electron chi connectivity index (χ0n) is 13.2. The van der Waals surface area contributed by atoms with E-state index in [0.29, 0.717) is 6.54 Å². The summed E-state index contributed by atoms with van der Waals surface area (Å²) in [7, 11) is 0. The third-order valence-electron chi connectivity index (χ3n) is 3.67. The van der Waals surface area contributed by atoms with Gasteiger partial charge in [-0.15, -0.1) is 17.9 Å². The molecule has 0 radical (unpaired) electrons. The van der Waals surface area contributed by atoms with Gasteiger partial charge in [0, 0.05) is 17.0 Å². The number of anilines is 1. The van der Waals surface area contributed by atoms with E-state index in [1.807, 2.05) is 0 Å². The molecular formula is C18H18ClN3S. The summed E-state index contributed by atoms with van der Waals surface area (Å²) in [6, 6.07) is 8.57. The maximum Gasteiger partial charge on any atom is 0.225 e. The number of benzene rings is 1. The van der Waals surface area contributed by atoms with Crippen LogP contribution in [0.15, 0.2) is 36.9 Å². The lowest BCUT2D eigenvalue weighted by Gasteiger charge is -2.09. The van der Waals surface area contributed by atoms with Crippen molar-refractivity contribution in [2.75, 3.05) is 11.9 Å². The van der Waals surface area contributed by atoms with Crippen LogP contribution < -0.4 is 5.32 Å². The van der Waals surface area contributed by atoms with Crippen LogP contribution in [0.2, 0.25) is 5.28 Å². The first-order valence-corrected chi connectivity index (χ1v) is 8.74. The molecule has 0 aliphatic heterocycles. The second-order valence-electron chi connectivity index (χ2n) is 5.31. The third kappa shape index (κ3) is 3.09. The Hall–Kier alpha value is -1.91. The molecule has 2 heterocycles. The SMILES string of the molecule is C=CCNc1nc(Cl)nc2sc(CC)c(-c3ccc(C)cc3)c12. The van der Waals surface area contributed by atoms with Gasteiger partial charge in [-0.25, -0.2) is 9.97 Å². The van der Waals surface area contributed by atoms with E-state index < -0.39 is 0 Å². The average Bonchev–Trinajstić information content (AvgIpc) is 2.91. The number of rotatable bonds is 5. The monoisotopic (exact) mass is 343 g/mol. The molecule has 118 valence electrons. The lowest BCUT2D eigenvalue weighted by atomic mass is 10.0. The van der Waals surface area contributed by atoms with Crippen LogP contribution in [0, 0.1) is 6.92 Å². The van der Waals surface area contributed by atoms with E-state index in [4.69, 9.17) is 11.6 Å². The zero-order valence-corrected chi connectivity index (χ0v) is 14.8. The molecule has 0 atom stereocenters. The second-order valence-corrected chi connectivity index (χ2v) is 6.73. The van der Waals surface area contributed by atoms with Crippen LogP contribution in [0.25, 0.3) is 21.3 Å². The highest BCUT2D eigenvalue weighted by atomic mass is 35.5. The van der Waals surface area contributed by atoms with Gasteiger partial charge in [0.15, 0.2) is 0 Å². The molecule has 0 amide bonds. The van der Waals surface area contributed by atoms with Gasteiger partial charge >= 0.3 is 0 Å². The number of hydrogen-bond acceptors (Lipinski definition) is 4. The van der Waals surface area contributed by atoms with Crippen molar-refractivity contribution in [1.82, 2.24) is 9.97 Å². The van der Waals surface area contributed by atoms with E-state index in [1.54, 1.807) is 17.4 Å². The van der Waals surface area contributed by atoms with Crippen molar-refractivity contribution >= 4 is 39.0 Å². The van der Waals surface area contributed by atoms with Crippen molar-refractivity contribution in [3.05, 3.63) is 52.6 Å². The summed E-state index contributed by atoms with van der Waals surface area (Å²) >= 11 is 7.78. The van der Waals surface area contributed by atoms with Crippen LogP contribution in [0.4, 0.5) is 5.82 Å². The number of halogens is 1. The lowest BCUT2D eigenvalue weighted by molar-refractivity contribution is 1.18.